The molecule has 0 saturated heterocycles. The number of carbonyl (C=O) groups is 2. The number of hydrogen-bond donors (Lipinski definition) is 2. The van der Waals surface area contributed by atoms with E-state index in [1.54, 1.807) is 12.1 Å². The van der Waals surface area contributed by atoms with Crippen LogP contribution in [0.5, 0.6) is 0 Å². The number of carbonyl (C=O) groups excluding carboxylic acids is 2. The largest absolute Gasteiger partial charge is 0.395 e. The summed E-state index contributed by atoms with van der Waals surface area (Å²) in [6, 6.07) is 6.09. The van der Waals surface area contributed by atoms with E-state index in [-0.39, 0.29) is 43.2 Å². The summed E-state index contributed by atoms with van der Waals surface area (Å²) in [6.07, 6.45) is -1.69. The molecule has 2 amide bonds. The van der Waals surface area contributed by atoms with Crippen molar-refractivity contribution in [2.45, 2.75) is 43.8 Å². The summed E-state index contributed by atoms with van der Waals surface area (Å²) in [5.41, 5.74) is 4.35. The fourth-order valence-corrected chi connectivity index (χ4v) is 4.29. The number of nitrogens with zero attached hydrogens (tertiary/aromatic N) is 3. The predicted octanol–water partition coefficient (Wildman–Crippen LogP) is 3.33. The highest BCUT2D eigenvalue weighted by Gasteiger charge is 2.68. The highest BCUT2D eigenvalue weighted by molar-refractivity contribution is 6.31. The van der Waals surface area contributed by atoms with Gasteiger partial charge in [-0.05, 0) is 57.1 Å². The summed E-state index contributed by atoms with van der Waals surface area (Å²) < 4.78 is 41.5. The van der Waals surface area contributed by atoms with Crippen LogP contribution < -0.4 is 11.1 Å². The minimum Gasteiger partial charge on any atom is -0.366 e. The fourth-order valence-electron chi connectivity index (χ4n) is 4.04. The number of likely N-dealkylation sites (N-methyl/N-ethyl adjacent to an activating group) is 1. The topological polar surface area (TPSA) is 101 Å². The molecule has 0 spiro atoms. The van der Waals surface area contributed by atoms with E-state index >= 15 is 0 Å². The van der Waals surface area contributed by atoms with Gasteiger partial charge in [0.1, 0.15) is 5.82 Å². The standard InChI is InChI=1S/C23H27ClF3N5O2/c1-32(2)16(10-14-4-5-15(20(28)34)11-18(14)24)13-31-19(33)12-17(21-29-8-3-9-30-21)22(6-7-22)23(25,26)27/h3-5,8-9,11,16-17H,6-7,10,12-13H2,1-2H3,(H2,28,34)(H,31,33)/t16-,17?/m0/s1. The normalized spacial score (nSPS) is 16.7. The van der Waals surface area contributed by atoms with Crippen LogP contribution in [0.3, 0.4) is 0 Å². The van der Waals surface area contributed by atoms with Gasteiger partial charge in [0.25, 0.3) is 0 Å². The zero-order valence-electron chi connectivity index (χ0n) is 18.9. The molecular weight excluding hydrogens is 471 g/mol. The van der Waals surface area contributed by atoms with Crippen LogP contribution >= 0.6 is 11.6 Å². The third-order valence-electron chi connectivity index (χ3n) is 6.37. The first-order valence-electron chi connectivity index (χ1n) is 10.8. The molecule has 184 valence electrons. The van der Waals surface area contributed by atoms with Crippen molar-refractivity contribution >= 4 is 23.4 Å². The first-order chi connectivity index (χ1) is 15.9. The number of nitrogens with two attached hydrogens (primary N) is 1. The molecule has 0 aliphatic heterocycles. The van der Waals surface area contributed by atoms with Crippen LogP contribution in [0.1, 0.15) is 46.9 Å². The Labute approximate surface area is 200 Å². The van der Waals surface area contributed by atoms with Gasteiger partial charge >= 0.3 is 6.18 Å². The Bertz CT molecular complexity index is 1030. The third kappa shape index (κ3) is 5.85. The van der Waals surface area contributed by atoms with Gasteiger partial charge < -0.3 is 16.0 Å². The van der Waals surface area contributed by atoms with Crippen LogP contribution in [0.15, 0.2) is 36.7 Å². The Hall–Kier alpha value is -2.72. The Morgan fingerprint density at radius 2 is 1.88 bits per heavy atom. The predicted molar refractivity (Wildman–Crippen MR) is 121 cm³/mol. The molecule has 2 aromatic rings. The molecule has 1 unspecified atom stereocenters. The van der Waals surface area contributed by atoms with Gasteiger partial charge in [-0.15, -0.1) is 0 Å². The van der Waals surface area contributed by atoms with Gasteiger partial charge in [-0.25, -0.2) is 9.97 Å². The molecule has 7 nitrogen and oxygen atoms in total. The molecule has 1 saturated carbocycles. The van der Waals surface area contributed by atoms with Crippen molar-refractivity contribution in [3.63, 3.8) is 0 Å². The molecule has 1 aliphatic rings. The first kappa shape index (κ1) is 25.9. The van der Waals surface area contributed by atoms with E-state index in [0.717, 1.165) is 5.56 Å². The van der Waals surface area contributed by atoms with Crippen LogP contribution in [-0.4, -0.2) is 59.5 Å². The minimum atomic E-state index is -4.45. The summed E-state index contributed by atoms with van der Waals surface area (Å²) in [7, 11) is 3.65. The number of nitrogens with one attached hydrogen (secondary N) is 1. The quantitative estimate of drug-likeness (QED) is 0.524. The van der Waals surface area contributed by atoms with E-state index in [4.69, 9.17) is 17.3 Å². The molecule has 34 heavy (non-hydrogen) atoms. The van der Waals surface area contributed by atoms with Gasteiger partial charge in [0, 0.05) is 47.9 Å². The summed E-state index contributed by atoms with van der Waals surface area (Å²) in [6.45, 7) is 0.196. The maximum atomic E-state index is 13.8. The molecule has 1 aromatic heterocycles. The lowest BCUT2D eigenvalue weighted by atomic mass is 9.84. The summed E-state index contributed by atoms with van der Waals surface area (Å²) in [5, 5.41) is 3.14. The molecule has 3 N–H and O–H groups in total. The Morgan fingerprint density at radius 3 is 2.38 bits per heavy atom. The van der Waals surface area contributed by atoms with Crippen LogP contribution in [-0.2, 0) is 11.2 Å². The van der Waals surface area contributed by atoms with Crippen molar-refractivity contribution in [1.29, 1.82) is 0 Å². The van der Waals surface area contributed by atoms with Gasteiger partial charge in [-0.1, -0.05) is 17.7 Å². The average Bonchev–Trinajstić information content (AvgIpc) is 3.58. The highest BCUT2D eigenvalue weighted by Crippen LogP contribution is 2.65. The molecule has 1 aliphatic carbocycles. The molecule has 1 aromatic carbocycles. The molecule has 1 fully saturated rings. The maximum Gasteiger partial charge on any atom is 0.395 e. The smallest absolute Gasteiger partial charge is 0.366 e. The van der Waals surface area contributed by atoms with Crippen LogP contribution in [0.4, 0.5) is 13.2 Å². The van der Waals surface area contributed by atoms with E-state index in [9.17, 15) is 22.8 Å². The highest BCUT2D eigenvalue weighted by atomic mass is 35.5. The number of benzene rings is 1. The Morgan fingerprint density at radius 1 is 1.24 bits per heavy atom. The van der Waals surface area contributed by atoms with Crippen LogP contribution in [0.2, 0.25) is 5.02 Å². The zero-order chi connectivity index (χ0) is 25.1. The molecule has 3 rings (SSSR count). The van der Waals surface area contributed by atoms with Gasteiger partial charge in [0.15, 0.2) is 0 Å². The second-order valence-corrected chi connectivity index (χ2v) is 9.22. The van der Waals surface area contributed by atoms with Crippen molar-refractivity contribution < 1.29 is 22.8 Å². The molecule has 0 bridgehead atoms. The first-order valence-corrected chi connectivity index (χ1v) is 11.2. The van der Waals surface area contributed by atoms with Gasteiger partial charge in [-0.2, -0.15) is 13.2 Å². The SMILES string of the molecule is CN(C)[C@H](CNC(=O)CC(c1ncccn1)C1(C(F)(F)F)CC1)Cc1ccc(C(N)=O)cc1Cl. The summed E-state index contributed by atoms with van der Waals surface area (Å²) in [4.78, 5) is 34.0. The van der Waals surface area contributed by atoms with Gasteiger partial charge in [-0.3, -0.25) is 9.59 Å². The van der Waals surface area contributed by atoms with Crippen molar-refractivity contribution in [3.05, 3.63) is 58.6 Å². The van der Waals surface area contributed by atoms with Crippen LogP contribution in [0, 0.1) is 5.41 Å². The van der Waals surface area contributed by atoms with E-state index < -0.39 is 29.3 Å². The molecule has 11 heteroatoms. The number of alkyl halides is 3. The number of amides is 2. The van der Waals surface area contributed by atoms with E-state index in [1.807, 2.05) is 19.0 Å². The average molecular weight is 498 g/mol. The van der Waals surface area contributed by atoms with Gasteiger partial charge in [0.2, 0.25) is 11.8 Å². The monoisotopic (exact) mass is 497 g/mol. The maximum absolute atomic E-state index is 13.8. The summed E-state index contributed by atoms with van der Waals surface area (Å²) >= 11 is 6.29. The molecular formula is C23H27ClF3N5O2. The van der Waals surface area contributed by atoms with E-state index in [0.29, 0.717) is 11.4 Å². The second kappa shape index (κ2) is 10.3. The fraction of sp³-hybridized carbons (Fsp3) is 0.478. The number of hydrogen-bond acceptors (Lipinski definition) is 5. The van der Waals surface area contributed by atoms with Crippen LogP contribution in [0.25, 0.3) is 0 Å². The van der Waals surface area contributed by atoms with E-state index in [2.05, 4.69) is 15.3 Å². The second-order valence-electron chi connectivity index (χ2n) is 8.81. The third-order valence-corrected chi connectivity index (χ3v) is 6.72. The number of primary amides is 1. The molecule has 0 radical (unpaired) electrons. The summed E-state index contributed by atoms with van der Waals surface area (Å²) in [5.74, 6) is -2.22. The lowest BCUT2D eigenvalue weighted by molar-refractivity contribution is -0.195. The Balaban J connectivity index is 1.69. The van der Waals surface area contributed by atoms with Crippen molar-refractivity contribution in [1.82, 2.24) is 20.2 Å². The van der Waals surface area contributed by atoms with Crippen molar-refractivity contribution in [2.75, 3.05) is 20.6 Å². The minimum absolute atomic E-state index is 0.0259. The lowest BCUT2D eigenvalue weighted by Crippen LogP contribution is -2.43. The van der Waals surface area contributed by atoms with Crippen molar-refractivity contribution in [2.24, 2.45) is 11.1 Å². The lowest BCUT2D eigenvalue weighted by Gasteiger charge is -2.29. The van der Waals surface area contributed by atoms with Gasteiger partial charge in [0.05, 0.1) is 5.41 Å². The number of halogens is 4. The van der Waals surface area contributed by atoms with Crippen molar-refractivity contribution in [3.8, 4) is 0 Å². The van der Waals surface area contributed by atoms with E-state index in [1.165, 1.54) is 24.5 Å². The number of aromatic nitrogens is 2. The Kier molecular flexibility index (Phi) is 7.82. The molecule has 2 atom stereocenters. The molecule has 1 heterocycles. The number of rotatable bonds is 10. The zero-order valence-corrected chi connectivity index (χ0v) is 19.7.